The van der Waals surface area contributed by atoms with Gasteiger partial charge in [0.05, 0.1) is 30.1 Å². The van der Waals surface area contributed by atoms with Gasteiger partial charge in [0.1, 0.15) is 5.82 Å². The van der Waals surface area contributed by atoms with E-state index in [4.69, 9.17) is 16.3 Å². The first-order valence-corrected chi connectivity index (χ1v) is 7.40. The van der Waals surface area contributed by atoms with Crippen LogP contribution in [0.4, 0.5) is 0 Å². The smallest absolute Gasteiger partial charge is 0.307 e. The molecule has 1 N–H and O–H groups in total. The zero-order chi connectivity index (χ0) is 15.4. The van der Waals surface area contributed by atoms with Crippen LogP contribution in [0.25, 0.3) is 11.0 Å². The molecule has 0 aliphatic rings. The SMILES string of the molecule is CCOC(=O)CCN(C)C(C)c1nc2ccc(Cl)cc2[nH]1. The van der Waals surface area contributed by atoms with Crippen LogP contribution >= 0.6 is 11.6 Å². The van der Waals surface area contributed by atoms with Crippen LogP contribution in [0, 0.1) is 0 Å². The van der Waals surface area contributed by atoms with Crippen LogP contribution in [-0.4, -0.2) is 41.0 Å². The first kappa shape index (κ1) is 15.8. The molecule has 0 saturated heterocycles. The van der Waals surface area contributed by atoms with Gasteiger partial charge in [0.15, 0.2) is 0 Å². The van der Waals surface area contributed by atoms with Gasteiger partial charge in [-0.1, -0.05) is 11.6 Å². The Morgan fingerprint density at radius 1 is 1.52 bits per heavy atom. The molecular formula is C15H20ClN3O2. The molecule has 21 heavy (non-hydrogen) atoms. The van der Waals surface area contributed by atoms with E-state index >= 15 is 0 Å². The van der Waals surface area contributed by atoms with Crippen molar-refractivity contribution in [3.63, 3.8) is 0 Å². The summed E-state index contributed by atoms with van der Waals surface area (Å²) in [5.74, 6) is 0.687. The predicted octanol–water partition coefficient (Wildman–Crippen LogP) is 3.16. The van der Waals surface area contributed by atoms with E-state index in [1.165, 1.54) is 0 Å². The molecular weight excluding hydrogens is 290 g/mol. The molecule has 0 radical (unpaired) electrons. The van der Waals surface area contributed by atoms with Crippen LogP contribution in [0.2, 0.25) is 5.02 Å². The van der Waals surface area contributed by atoms with Gasteiger partial charge in [0, 0.05) is 11.6 Å². The number of hydrogen-bond acceptors (Lipinski definition) is 4. The third-order valence-electron chi connectivity index (χ3n) is 3.49. The van der Waals surface area contributed by atoms with E-state index in [9.17, 15) is 4.79 Å². The topological polar surface area (TPSA) is 58.2 Å². The number of hydrogen-bond donors (Lipinski definition) is 1. The summed E-state index contributed by atoms with van der Waals surface area (Å²) in [7, 11) is 1.96. The molecule has 0 fully saturated rings. The lowest BCUT2D eigenvalue weighted by atomic mass is 10.2. The second kappa shape index (κ2) is 6.91. The summed E-state index contributed by atoms with van der Waals surface area (Å²) in [4.78, 5) is 21.3. The number of nitrogens with zero attached hydrogens (tertiary/aromatic N) is 2. The number of carbonyl (C=O) groups excluding carboxylic acids is 1. The number of H-pyrrole nitrogens is 1. The number of benzene rings is 1. The highest BCUT2D eigenvalue weighted by Gasteiger charge is 2.17. The molecule has 1 atom stereocenters. The number of aromatic nitrogens is 2. The summed E-state index contributed by atoms with van der Waals surface area (Å²) in [6.45, 7) is 4.90. The Kier molecular flexibility index (Phi) is 5.20. The monoisotopic (exact) mass is 309 g/mol. The fourth-order valence-corrected chi connectivity index (χ4v) is 2.27. The van der Waals surface area contributed by atoms with E-state index in [0.29, 0.717) is 24.6 Å². The average Bonchev–Trinajstić information content (AvgIpc) is 2.87. The molecule has 1 aromatic carbocycles. The Hall–Kier alpha value is -1.59. The summed E-state index contributed by atoms with van der Waals surface area (Å²) in [5.41, 5.74) is 1.81. The van der Waals surface area contributed by atoms with Gasteiger partial charge >= 0.3 is 5.97 Å². The minimum Gasteiger partial charge on any atom is -0.466 e. The number of ether oxygens (including phenoxy) is 1. The fraction of sp³-hybridized carbons (Fsp3) is 0.467. The third kappa shape index (κ3) is 3.95. The molecule has 0 amide bonds. The molecule has 2 aromatic rings. The second-order valence-electron chi connectivity index (χ2n) is 5.00. The molecule has 6 heteroatoms. The van der Waals surface area contributed by atoms with E-state index in [0.717, 1.165) is 16.9 Å². The van der Waals surface area contributed by atoms with Gasteiger partial charge in [-0.05, 0) is 39.1 Å². The molecule has 0 aliphatic heterocycles. The van der Waals surface area contributed by atoms with Gasteiger partial charge < -0.3 is 9.72 Å². The number of aromatic amines is 1. The summed E-state index contributed by atoms with van der Waals surface area (Å²) in [5, 5.41) is 0.681. The molecule has 0 aliphatic carbocycles. The summed E-state index contributed by atoms with van der Waals surface area (Å²) in [6, 6.07) is 5.65. The lowest BCUT2D eigenvalue weighted by Crippen LogP contribution is -2.26. The number of imidazole rings is 1. The molecule has 1 aromatic heterocycles. The van der Waals surface area contributed by atoms with Crippen LogP contribution in [0.3, 0.4) is 0 Å². The first-order valence-electron chi connectivity index (χ1n) is 7.02. The number of esters is 1. The largest absolute Gasteiger partial charge is 0.466 e. The molecule has 0 saturated carbocycles. The quantitative estimate of drug-likeness (QED) is 0.833. The van der Waals surface area contributed by atoms with E-state index < -0.39 is 0 Å². The van der Waals surface area contributed by atoms with Crippen molar-refractivity contribution in [3.05, 3.63) is 29.0 Å². The van der Waals surface area contributed by atoms with E-state index in [2.05, 4.69) is 14.9 Å². The molecule has 1 heterocycles. The highest BCUT2D eigenvalue weighted by molar-refractivity contribution is 6.31. The molecule has 0 spiro atoms. The lowest BCUT2D eigenvalue weighted by molar-refractivity contribution is -0.143. The highest BCUT2D eigenvalue weighted by atomic mass is 35.5. The number of rotatable bonds is 6. The van der Waals surface area contributed by atoms with Gasteiger partial charge in [0.25, 0.3) is 0 Å². The highest BCUT2D eigenvalue weighted by Crippen LogP contribution is 2.22. The average molecular weight is 310 g/mol. The Bertz CT molecular complexity index is 626. The van der Waals surface area contributed by atoms with Crippen molar-refractivity contribution >= 4 is 28.6 Å². The van der Waals surface area contributed by atoms with Crippen molar-refractivity contribution in [1.82, 2.24) is 14.9 Å². The number of carbonyl (C=O) groups is 1. The zero-order valence-corrected chi connectivity index (χ0v) is 13.3. The van der Waals surface area contributed by atoms with Crippen molar-refractivity contribution in [2.75, 3.05) is 20.2 Å². The Balaban J connectivity index is 2.03. The Labute approximate surface area is 129 Å². The van der Waals surface area contributed by atoms with E-state index in [1.54, 1.807) is 0 Å². The van der Waals surface area contributed by atoms with Gasteiger partial charge in [-0.3, -0.25) is 9.69 Å². The van der Waals surface area contributed by atoms with Crippen LogP contribution in [0.1, 0.15) is 32.1 Å². The summed E-state index contributed by atoms with van der Waals surface area (Å²) >= 11 is 5.97. The minimum atomic E-state index is -0.173. The summed E-state index contributed by atoms with van der Waals surface area (Å²) in [6.07, 6.45) is 0.376. The van der Waals surface area contributed by atoms with Gasteiger partial charge in [0.2, 0.25) is 0 Å². The van der Waals surface area contributed by atoms with Crippen LogP contribution < -0.4 is 0 Å². The molecule has 0 bridgehead atoms. The van der Waals surface area contributed by atoms with Crippen molar-refractivity contribution in [2.45, 2.75) is 26.3 Å². The number of halogens is 1. The third-order valence-corrected chi connectivity index (χ3v) is 3.73. The van der Waals surface area contributed by atoms with Crippen molar-refractivity contribution in [1.29, 1.82) is 0 Å². The normalized spacial score (nSPS) is 12.8. The van der Waals surface area contributed by atoms with Gasteiger partial charge in [-0.2, -0.15) is 0 Å². The lowest BCUT2D eigenvalue weighted by Gasteiger charge is -2.22. The van der Waals surface area contributed by atoms with Crippen LogP contribution in [0.5, 0.6) is 0 Å². The van der Waals surface area contributed by atoms with Crippen molar-refractivity contribution in [3.8, 4) is 0 Å². The van der Waals surface area contributed by atoms with Gasteiger partial charge in [-0.15, -0.1) is 0 Å². The molecule has 1 unspecified atom stereocenters. The van der Waals surface area contributed by atoms with Crippen molar-refractivity contribution < 1.29 is 9.53 Å². The number of nitrogens with one attached hydrogen (secondary N) is 1. The van der Waals surface area contributed by atoms with E-state index in [-0.39, 0.29) is 12.0 Å². The Morgan fingerprint density at radius 3 is 3.00 bits per heavy atom. The molecule has 114 valence electrons. The number of fused-ring (bicyclic) bond motifs is 1. The predicted molar refractivity (Wildman–Crippen MR) is 83.4 cm³/mol. The summed E-state index contributed by atoms with van der Waals surface area (Å²) < 4.78 is 4.94. The first-order chi connectivity index (χ1) is 10.0. The molecule has 2 rings (SSSR count). The van der Waals surface area contributed by atoms with Gasteiger partial charge in [-0.25, -0.2) is 4.98 Å². The zero-order valence-electron chi connectivity index (χ0n) is 12.5. The molecule has 5 nitrogen and oxygen atoms in total. The maximum absolute atomic E-state index is 11.4. The fourth-order valence-electron chi connectivity index (χ4n) is 2.10. The minimum absolute atomic E-state index is 0.0746. The van der Waals surface area contributed by atoms with Crippen LogP contribution in [0.15, 0.2) is 18.2 Å². The second-order valence-corrected chi connectivity index (χ2v) is 5.43. The maximum atomic E-state index is 11.4. The van der Waals surface area contributed by atoms with Crippen molar-refractivity contribution in [2.24, 2.45) is 0 Å². The van der Waals surface area contributed by atoms with E-state index in [1.807, 2.05) is 39.1 Å². The Morgan fingerprint density at radius 2 is 2.29 bits per heavy atom. The van der Waals surface area contributed by atoms with Crippen LogP contribution in [-0.2, 0) is 9.53 Å². The maximum Gasteiger partial charge on any atom is 0.307 e. The standard InChI is InChI=1S/C15H20ClN3O2/c1-4-21-14(20)7-8-19(3)10(2)15-17-12-6-5-11(16)9-13(12)18-15/h5-6,9-10H,4,7-8H2,1-3H3,(H,17,18).